The van der Waals surface area contributed by atoms with E-state index < -0.39 is 0 Å². The molecule has 1 aromatic carbocycles. The third kappa shape index (κ3) is 4.37. The smallest absolute Gasteiger partial charge is 0.292 e. The number of carbonyl (C=O) groups excluding carboxylic acids is 1. The quantitative estimate of drug-likeness (QED) is 0.653. The van der Waals surface area contributed by atoms with Crippen LogP contribution < -0.4 is 9.47 Å². The molecule has 3 aromatic rings. The van der Waals surface area contributed by atoms with Gasteiger partial charge in [0, 0.05) is 42.9 Å². The average Bonchev–Trinajstić information content (AvgIpc) is 3.28. The van der Waals surface area contributed by atoms with Gasteiger partial charge in [-0.1, -0.05) is 11.2 Å². The lowest BCUT2D eigenvalue weighted by Crippen LogP contribution is -2.39. The predicted octanol–water partition coefficient (Wildman–Crippen LogP) is 3.59. The number of hydrogen-bond acceptors (Lipinski definition) is 7. The van der Waals surface area contributed by atoms with Crippen molar-refractivity contribution < 1.29 is 18.8 Å². The summed E-state index contributed by atoms with van der Waals surface area (Å²) in [5, 5.41) is 3.62. The lowest BCUT2D eigenvalue weighted by molar-refractivity contribution is 0.0662. The average molecular weight is 394 g/mol. The zero-order chi connectivity index (χ0) is 20.2. The molecule has 0 N–H and O–H groups in total. The summed E-state index contributed by atoms with van der Waals surface area (Å²) < 4.78 is 16.2. The van der Waals surface area contributed by atoms with Crippen LogP contribution in [0.25, 0.3) is 0 Å². The first kappa shape index (κ1) is 18.9. The number of benzene rings is 1. The molecule has 1 saturated heterocycles. The van der Waals surface area contributed by atoms with Gasteiger partial charge in [0.2, 0.25) is 11.6 Å². The van der Waals surface area contributed by atoms with Crippen molar-refractivity contribution in [3.05, 3.63) is 59.9 Å². The fourth-order valence-corrected chi connectivity index (χ4v) is 3.44. The van der Waals surface area contributed by atoms with E-state index in [0.717, 1.165) is 18.5 Å². The third-order valence-corrected chi connectivity index (χ3v) is 4.83. The number of hydrogen-bond donors (Lipinski definition) is 0. The molecule has 0 unspecified atom stereocenters. The Morgan fingerprint density at radius 3 is 2.86 bits per heavy atom. The predicted molar refractivity (Wildman–Crippen MR) is 104 cm³/mol. The number of piperidine rings is 1. The van der Waals surface area contributed by atoms with Crippen molar-refractivity contribution >= 4 is 5.91 Å². The Balaban J connectivity index is 1.52. The maximum Gasteiger partial charge on any atom is 0.292 e. The Kier molecular flexibility index (Phi) is 5.41. The minimum atomic E-state index is -0.160. The topological polar surface area (TPSA) is 90.6 Å². The van der Waals surface area contributed by atoms with Crippen molar-refractivity contribution in [2.75, 3.05) is 20.2 Å². The number of aromatic nitrogens is 3. The molecular formula is C21H22N4O4. The second-order valence-electron chi connectivity index (χ2n) is 6.95. The molecule has 2 aromatic heterocycles. The largest absolute Gasteiger partial charge is 0.497 e. The Hall–Kier alpha value is -3.42. The van der Waals surface area contributed by atoms with Crippen molar-refractivity contribution in [2.24, 2.45) is 0 Å². The fraction of sp³-hybridized carbons (Fsp3) is 0.333. The van der Waals surface area contributed by atoms with Gasteiger partial charge in [0.15, 0.2) is 0 Å². The van der Waals surface area contributed by atoms with Gasteiger partial charge in [-0.2, -0.15) is 4.98 Å². The minimum Gasteiger partial charge on any atom is -0.497 e. The standard InChI is InChI=1S/C21H22N4O4/c1-14-11-19(28-17-7-3-6-16(12-17)27-2)24-20(23-14)15-5-4-10-25(13-15)21(26)18-8-9-22-29-18/h3,6-9,11-12,15H,4-5,10,13H2,1-2H3/t15-/m1/s1. The van der Waals surface area contributed by atoms with Crippen LogP contribution in [-0.2, 0) is 0 Å². The van der Waals surface area contributed by atoms with Gasteiger partial charge >= 0.3 is 0 Å². The van der Waals surface area contributed by atoms with Crippen LogP contribution in [0.2, 0.25) is 0 Å². The summed E-state index contributed by atoms with van der Waals surface area (Å²) in [7, 11) is 1.61. The highest BCUT2D eigenvalue weighted by Crippen LogP contribution is 2.29. The molecule has 0 saturated carbocycles. The van der Waals surface area contributed by atoms with E-state index in [1.165, 1.54) is 6.20 Å². The lowest BCUT2D eigenvalue weighted by Gasteiger charge is -2.31. The van der Waals surface area contributed by atoms with Crippen molar-refractivity contribution in [3.63, 3.8) is 0 Å². The maximum absolute atomic E-state index is 12.6. The highest BCUT2D eigenvalue weighted by atomic mass is 16.5. The van der Waals surface area contributed by atoms with Crippen LogP contribution in [0, 0.1) is 6.92 Å². The molecular weight excluding hydrogens is 372 g/mol. The Morgan fingerprint density at radius 1 is 1.21 bits per heavy atom. The molecule has 4 rings (SSSR count). The van der Waals surface area contributed by atoms with E-state index in [4.69, 9.17) is 14.0 Å². The molecule has 1 aliphatic rings. The zero-order valence-electron chi connectivity index (χ0n) is 16.4. The maximum atomic E-state index is 12.6. The molecule has 150 valence electrons. The van der Waals surface area contributed by atoms with Crippen LogP contribution >= 0.6 is 0 Å². The van der Waals surface area contributed by atoms with E-state index in [2.05, 4.69) is 15.1 Å². The van der Waals surface area contributed by atoms with Gasteiger partial charge in [0.25, 0.3) is 5.91 Å². The first-order chi connectivity index (χ1) is 14.1. The van der Waals surface area contributed by atoms with E-state index in [1.807, 2.05) is 25.1 Å². The van der Waals surface area contributed by atoms with Crippen LogP contribution in [0.4, 0.5) is 0 Å². The number of carbonyl (C=O) groups is 1. The van der Waals surface area contributed by atoms with Crippen molar-refractivity contribution in [1.29, 1.82) is 0 Å². The first-order valence-corrected chi connectivity index (χ1v) is 9.50. The monoisotopic (exact) mass is 394 g/mol. The van der Waals surface area contributed by atoms with Crippen molar-refractivity contribution in [1.82, 2.24) is 20.0 Å². The zero-order valence-corrected chi connectivity index (χ0v) is 16.4. The molecule has 0 spiro atoms. The molecule has 0 radical (unpaired) electrons. The molecule has 0 bridgehead atoms. The summed E-state index contributed by atoms with van der Waals surface area (Å²) in [4.78, 5) is 23.6. The summed E-state index contributed by atoms with van der Waals surface area (Å²) >= 11 is 0. The molecule has 1 fully saturated rings. The second kappa shape index (κ2) is 8.30. The number of rotatable bonds is 5. The van der Waals surface area contributed by atoms with Gasteiger partial charge < -0.3 is 18.9 Å². The van der Waals surface area contributed by atoms with Crippen LogP contribution in [0.3, 0.4) is 0 Å². The van der Waals surface area contributed by atoms with Crippen LogP contribution in [0.15, 0.2) is 47.1 Å². The SMILES string of the molecule is COc1cccc(Oc2cc(C)nc([C@@H]3CCCN(C(=O)c4ccno4)C3)n2)c1. The Labute approximate surface area is 168 Å². The van der Waals surface area contributed by atoms with Crippen molar-refractivity contribution in [2.45, 2.75) is 25.7 Å². The molecule has 8 nitrogen and oxygen atoms in total. The first-order valence-electron chi connectivity index (χ1n) is 9.50. The third-order valence-electron chi connectivity index (χ3n) is 4.83. The Bertz CT molecular complexity index is 990. The highest BCUT2D eigenvalue weighted by Gasteiger charge is 2.29. The van der Waals surface area contributed by atoms with E-state index in [1.54, 1.807) is 30.2 Å². The van der Waals surface area contributed by atoms with Crippen LogP contribution in [0.1, 0.15) is 40.8 Å². The number of ether oxygens (including phenoxy) is 2. The molecule has 1 aliphatic heterocycles. The molecule has 1 atom stereocenters. The van der Waals surface area contributed by atoms with Gasteiger partial charge in [-0.15, -0.1) is 0 Å². The van der Waals surface area contributed by atoms with E-state index in [0.29, 0.717) is 36.3 Å². The number of methoxy groups -OCH3 is 1. The number of amides is 1. The lowest BCUT2D eigenvalue weighted by atomic mass is 9.97. The fourth-order valence-electron chi connectivity index (χ4n) is 3.44. The number of aryl methyl sites for hydroxylation is 1. The van der Waals surface area contributed by atoms with Gasteiger partial charge in [0.05, 0.1) is 13.3 Å². The van der Waals surface area contributed by atoms with Crippen LogP contribution in [-0.4, -0.2) is 46.1 Å². The highest BCUT2D eigenvalue weighted by molar-refractivity contribution is 5.91. The summed E-state index contributed by atoms with van der Waals surface area (Å²) in [5.74, 6) is 2.62. The molecule has 29 heavy (non-hydrogen) atoms. The van der Waals surface area contributed by atoms with Gasteiger partial charge in [0.1, 0.15) is 17.3 Å². The normalized spacial score (nSPS) is 16.5. The summed E-state index contributed by atoms with van der Waals surface area (Å²) in [6.07, 6.45) is 3.25. The minimum absolute atomic E-state index is 0.0307. The van der Waals surface area contributed by atoms with E-state index in [9.17, 15) is 4.79 Å². The van der Waals surface area contributed by atoms with Crippen molar-refractivity contribution in [3.8, 4) is 17.4 Å². The van der Waals surface area contributed by atoms with E-state index >= 15 is 0 Å². The van der Waals surface area contributed by atoms with Gasteiger partial charge in [-0.3, -0.25) is 4.79 Å². The molecule has 8 heteroatoms. The van der Waals surface area contributed by atoms with Gasteiger partial charge in [-0.05, 0) is 31.9 Å². The molecule has 0 aliphatic carbocycles. The Morgan fingerprint density at radius 2 is 2.07 bits per heavy atom. The molecule has 3 heterocycles. The summed E-state index contributed by atoms with van der Waals surface area (Å²) in [5.41, 5.74) is 0.812. The molecule has 1 amide bonds. The second-order valence-corrected chi connectivity index (χ2v) is 6.95. The summed E-state index contributed by atoms with van der Waals surface area (Å²) in [6.45, 7) is 3.11. The number of likely N-dealkylation sites (tertiary alicyclic amines) is 1. The summed E-state index contributed by atoms with van der Waals surface area (Å²) in [6, 6.07) is 10.7. The number of nitrogens with zero attached hydrogens (tertiary/aromatic N) is 4. The van der Waals surface area contributed by atoms with Crippen LogP contribution in [0.5, 0.6) is 17.4 Å². The van der Waals surface area contributed by atoms with E-state index in [-0.39, 0.29) is 17.6 Å². The van der Waals surface area contributed by atoms with Gasteiger partial charge in [-0.25, -0.2) is 4.98 Å².